The molecular formula is C17H22N4O3S2. The second-order valence-electron chi connectivity index (χ2n) is 5.86. The maximum atomic E-state index is 12.0. The van der Waals surface area contributed by atoms with E-state index in [9.17, 15) is 9.59 Å². The Morgan fingerprint density at radius 1 is 1.35 bits per heavy atom. The van der Waals surface area contributed by atoms with Crippen molar-refractivity contribution in [3.63, 3.8) is 0 Å². The number of thioether (sulfide) groups is 1. The lowest BCUT2D eigenvalue weighted by atomic mass is 10.2. The predicted molar refractivity (Wildman–Crippen MR) is 103 cm³/mol. The minimum atomic E-state index is -0.476. The molecule has 3 amide bonds. The molecule has 2 aromatic rings. The fraction of sp³-hybridized carbons (Fsp3) is 0.529. The topological polar surface area (TPSA) is 93.2 Å². The van der Waals surface area contributed by atoms with Crippen molar-refractivity contribution in [3.8, 4) is 0 Å². The summed E-state index contributed by atoms with van der Waals surface area (Å²) in [5.41, 5.74) is 1.33. The van der Waals surface area contributed by atoms with E-state index in [-0.39, 0.29) is 11.7 Å². The Labute approximate surface area is 160 Å². The molecule has 0 bridgehead atoms. The van der Waals surface area contributed by atoms with E-state index in [0.29, 0.717) is 26.2 Å². The highest BCUT2D eigenvalue weighted by Crippen LogP contribution is 2.39. The molecule has 1 aliphatic rings. The van der Waals surface area contributed by atoms with Gasteiger partial charge in [-0.05, 0) is 38.2 Å². The van der Waals surface area contributed by atoms with E-state index >= 15 is 0 Å². The summed E-state index contributed by atoms with van der Waals surface area (Å²) in [6, 6.07) is -0.476. The Morgan fingerprint density at radius 3 is 3.08 bits per heavy atom. The first-order valence-corrected chi connectivity index (χ1v) is 10.5. The lowest BCUT2D eigenvalue weighted by Gasteiger charge is -2.07. The van der Waals surface area contributed by atoms with Crippen molar-refractivity contribution in [1.29, 1.82) is 0 Å². The van der Waals surface area contributed by atoms with E-state index < -0.39 is 6.03 Å². The normalized spacial score (nSPS) is 13.0. The smallest absolute Gasteiger partial charge is 0.321 e. The third-order valence-electron chi connectivity index (χ3n) is 4.01. The van der Waals surface area contributed by atoms with E-state index in [1.54, 1.807) is 17.7 Å². The summed E-state index contributed by atoms with van der Waals surface area (Å²) < 4.78 is 5.19. The summed E-state index contributed by atoms with van der Waals surface area (Å²) in [7, 11) is 0. The van der Waals surface area contributed by atoms with Crippen molar-refractivity contribution in [2.24, 2.45) is 0 Å². The number of hydrogen-bond acceptors (Lipinski definition) is 7. The van der Waals surface area contributed by atoms with Crippen molar-refractivity contribution < 1.29 is 14.3 Å². The molecule has 7 nitrogen and oxygen atoms in total. The van der Waals surface area contributed by atoms with E-state index in [2.05, 4.69) is 20.6 Å². The average molecular weight is 395 g/mol. The minimum Gasteiger partial charge on any atom is -0.382 e. The molecule has 0 unspecified atom stereocenters. The van der Waals surface area contributed by atoms with E-state index in [1.807, 2.05) is 6.92 Å². The van der Waals surface area contributed by atoms with Gasteiger partial charge in [0.15, 0.2) is 0 Å². The third kappa shape index (κ3) is 4.72. The average Bonchev–Trinajstić information content (AvgIpc) is 3.20. The van der Waals surface area contributed by atoms with Crippen LogP contribution in [0.3, 0.4) is 0 Å². The van der Waals surface area contributed by atoms with Crippen LogP contribution in [0.2, 0.25) is 0 Å². The zero-order valence-corrected chi connectivity index (χ0v) is 16.3. The largest absolute Gasteiger partial charge is 0.382 e. The first-order chi connectivity index (χ1) is 12.7. The van der Waals surface area contributed by atoms with Crippen LogP contribution in [0.15, 0.2) is 11.4 Å². The number of nitrogens with zero attached hydrogens (tertiary/aromatic N) is 2. The Hall–Kier alpha value is -1.71. The second-order valence-corrected chi connectivity index (χ2v) is 7.91. The molecule has 0 aromatic carbocycles. The number of imide groups is 1. The summed E-state index contributed by atoms with van der Waals surface area (Å²) in [6.07, 6.45) is 5.57. The molecule has 26 heavy (non-hydrogen) atoms. The minimum absolute atomic E-state index is 0.142. The molecule has 0 aliphatic heterocycles. The van der Waals surface area contributed by atoms with E-state index in [1.165, 1.54) is 28.6 Å². The van der Waals surface area contributed by atoms with Gasteiger partial charge in [-0.1, -0.05) is 11.8 Å². The lowest BCUT2D eigenvalue weighted by Crippen LogP contribution is -2.40. The van der Waals surface area contributed by atoms with Gasteiger partial charge in [-0.3, -0.25) is 10.1 Å². The Bertz CT molecular complexity index is 794. The Kier molecular flexibility index (Phi) is 6.81. The number of aryl methyl sites for hydroxylation is 2. The van der Waals surface area contributed by atoms with Gasteiger partial charge in [-0.2, -0.15) is 0 Å². The number of ether oxygens (including phenoxy) is 1. The molecule has 140 valence electrons. The predicted octanol–water partition coefficient (Wildman–Crippen LogP) is 2.52. The van der Waals surface area contributed by atoms with Gasteiger partial charge in [0.1, 0.15) is 16.2 Å². The first kappa shape index (κ1) is 19.1. The van der Waals surface area contributed by atoms with Crippen LogP contribution in [0.4, 0.5) is 4.79 Å². The summed E-state index contributed by atoms with van der Waals surface area (Å²) in [4.78, 5) is 34.8. The molecule has 0 saturated heterocycles. The highest BCUT2D eigenvalue weighted by atomic mass is 32.2. The summed E-state index contributed by atoms with van der Waals surface area (Å²) in [5, 5.41) is 6.90. The van der Waals surface area contributed by atoms with Gasteiger partial charge in [0.25, 0.3) is 0 Å². The van der Waals surface area contributed by atoms with Crippen molar-refractivity contribution in [2.75, 3.05) is 25.5 Å². The van der Waals surface area contributed by atoms with Gasteiger partial charge in [0.05, 0.1) is 5.75 Å². The van der Waals surface area contributed by atoms with Crippen molar-refractivity contribution in [2.45, 2.75) is 37.6 Å². The number of aromatic nitrogens is 2. The lowest BCUT2D eigenvalue weighted by molar-refractivity contribution is -0.117. The van der Waals surface area contributed by atoms with Gasteiger partial charge in [-0.15, -0.1) is 11.3 Å². The fourth-order valence-electron chi connectivity index (χ4n) is 2.87. The molecule has 0 spiro atoms. The molecule has 2 N–H and O–H groups in total. The zero-order valence-electron chi connectivity index (χ0n) is 14.7. The molecule has 2 heterocycles. The standard InChI is InChI=1S/C17H22N4O3S2/c1-2-24-8-4-7-18-17(23)21-13(22)9-25-15-14-11-5-3-6-12(11)26-16(14)20-10-19-15/h10H,2-9H2,1H3,(H2,18,21,22,23). The second kappa shape index (κ2) is 9.29. The molecule has 0 radical (unpaired) electrons. The van der Waals surface area contributed by atoms with Gasteiger partial charge >= 0.3 is 6.03 Å². The van der Waals surface area contributed by atoms with Crippen molar-refractivity contribution in [3.05, 3.63) is 16.8 Å². The van der Waals surface area contributed by atoms with Crippen LogP contribution in [0, 0.1) is 0 Å². The van der Waals surface area contributed by atoms with Crippen LogP contribution in [-0.4, -0.2) is 47.4 Å². The molecule has 3 rings (SSSR count). The van der Waals surface area contributed by atoms with Crippen LogP contribution >= 0.6 is 23.1 Å². The number of fused-ring (bicyclic) bond motifs is 3. The summed E-state index contributed by atoms with van der Waals surface area (Å²) in [5.74, 6) is -0.195. The van der Waals surface area contributed by atoms with E-state index in [0.717, 1.165) is 28.1 Å². The number of carbonyl (C=O) groups excluding carboxylic acids is 2. The number of carbonyl (C=O) groups is 2. The van der Waals surface area contributed by atoms with Crippen LogP contribution in [0.25, 0.3) is 10.2 Å². The van der Waals surface area contributed by atoms with Crippen LogP contribution in [0.5, 0.6) is 0 Å². The van der Waals surface area contributed by atoms with Crippen LogP contribution < -0.4 is 10.6 Å². The maximum Gasteiger partial charge on any atom is 0.321 e. The molecule has 0 atom stereocenters. The number of rotatable bonds is 8. The van der Waals surface area contributed by atoms with E-state index in [4.69, 9.17) is 4.74 Å². The molecule has 9 heteroatoms. The summed E-state index contributed by atoms with van der Waals surface area (Å²) >= 11 is 3.07. The third-order valence-corrected chi connectivity index (χ3v) is 6.20. The monoisotopic (exact) mass is 394 g/mol. The number of amides is 3. The van der Waals surface area contributed by atoms with Gasteiger partial charge in [-0.25, -0.2) is 14.8 Å². The zero-order chi connectivity index (χ0) is 18.4. The number of nitrogens with one attached hydrogen (secondary N) is 2. The Morgan fingerprint density at radius 2 is 2.23 bits per heavy atom. The number of urea groups is 1. The molecule has 2 aromatic heterocycles. The van der Waals surface area contributed by atoms with Crippen LogP contribution in [0.1, 0.15) is 30.2 Å². The van der Waals surface area contributed by atoms with Crippen molar-refractivity contribution in [1.82, 2.24) is 20.6 Å². The van der Waals surface area contributed by atoms with Gasteiger partial charge in [0, 0.05) is 30.0 Å². The molecule has 1 aliphatic carbocycles. The SMILES string of the molecule is CCOCCCNC(=O)NC(=O)CSc1ncnc2sc3c(c12)CCC3. The van der Waals surface area contributed by atoms with Gasteiger partial charge in [0.2, 0.25) is 5.91 Å². The molecule has 0 fully saturated rings. The van der Waals surface area contributed by atoms with Gasteiger partial charge < -0.3 is 10.1 Å². The molecule has 0 saturated carbocycles. The number of hydrogen-bond donors (Lipinski definition) is 2. The summed E-state index contributed by atoms with van der Waals surface area (Å²) in [6.45, 7) is 3.65. The van der Waals surface area contributed by atoms with Crippen LogP contribution in [-0.2, 0) is 22.4 Å². The highest BCUT2D eigenvalue weighted by molar-refractivity contribution is 8.00. The number of thiophene rings is 1. The first-order valence-electron chi connectivity index (χ1n) is 8.72. The Balaban J connectivity index is 1.49. The quantitative estimate of drug-likeness (QED) is 0.406. The maximum absolute atomic E-state index is 12.0. The molecular weight excluding hydrogens is 372 g/mol. The highest BCUT2D eigenvalue weighted by Gasteiger charge is 2.21. The fourth-order valence-corrected chi connectivity index (χ4v) is 4.99. The van der Waals surface area contributed by atoms with Crippen molar-refractivity contribution >= 4 is 45.3 Å².